The van der Waals surface area contributed by atoms with Crippen LogP contribution in [0.5, 0.6) is 5.75 Å². The van der Waals surface area contributed by atoms with Crippen molar-refractivity contribution in [1.29, 1.82) is 5.26 Å². The maximum absolute atomic E-state index is 11.0. The van der Waals surface area contributed by atoms with Gasteiger partial charge in [0, 0.05) is 10.0 Å². The van der Waals surface area contributed by atoms with Crippen LogP contribution in [0.4, 0.5) is 0 Å². The number of benzene rings is 3. The second-order valence-corrected chi connectivity index (χ2v) is 7.44. The standard InChI is InChI=1S/C24H16BrNO5/c25-21-9-10-22(31-14-15-1-3-17(4-2-15)23(27)28)19(12-21)11-20(13-26)16-5-7-18(8-6-16)24(29)30/h1-12H,14H2,(H,27,28)(H,29,30). The third-order valence-electron chi connectivity index (χ3n) is 4.43. The molecular formula is C24H16BrNO5. The first-order valence-electron chi connectivity index (χ1n) is 9.07. The van der Waals surface area contributed by atoms with Gasteiger partial charge in [-0.3, -0.25) is 0 Å². The van der Waals surface area contributed by atoms with E-state index in [0.29, 0.717) is 22.4 Å². The van der Waals surface area contributed by atoms with Crippen molar-refractivity contribution >= 4 is 39.5 Å². The fourth-order valence-corrected chi connectivity index (χ4v) is 3.18. The molecule has 0 fully saturated rings. The quantitative estimate of drug-likeness (QED) is 0.344. The van der Waals surface area contributed by atoms with Gasteiger partial charge in [0.1, 0.15) is 12.4 Å². The number of carboxylic acids is 2. The monoisotopic (exact) mass is 477 g/mol. The summed E-state index contributed by atoms with van der Waals surface area (Å²) in [5.74, 6) is -1.48. The first-order valence-corrected chi connectivity index (χ1v) is 9.87. The molecular weight excluding hydrogens is 462 g/mol. The fraction of sp³-hybridized carbons (Fsp3) is 0.0417. The lowest BCUT2D eigenvalue weighted by Gasteiger charge is -2.11. The molecule has 31 heavy (non-hydrogen) atoms. The number of nitrogens with zero attached hydrogens (tertiary/aromatic N) is 1. The van der Waals surface area contributed by atoms with Crippen LogP contribution >= 0.6 is 15.9 Å². The van der Waals surface area contributed by atoms with Crippen molar-refractivity contribution in [2.75, 3.05) is 0 Å². The molecule has 3 aromatic rings. The first kappa shape index (κ1) is 21.8. The molecule has 0 atom stereocenters. The Balaban J connectivity index is 1.86. The number of carbonyl (C=O) groups is 2. The number of ether oxygens (including phenoxy) is 1. The first-order chi connectivity index (χ1) is 14.9. The molecule has 0 bridgehead atoms. The third kappa shape index (κ3) is 5.59. The highest BCUT2D eigenvalue weighted by Crippen LogP contribution is 2.28. The lowest BCUT2D eigenvalue weighted by atomic mass is 10.0. The highest BCUT2D eigenvalue weighted by molar-refractivity contribution is 9.10. The average molecular weight is 478 g/mol. The maximum atomic E-state index is 11.0. The zero-order chi connectivity index (χ0) is 22.4. The van der Waals surface area contributed by atoms with Crippen LogP contribution in [-0.4, -0.2) is 22.2 Å². The molecule has 0 spiro atoms. The van der Waals surface area contributed by atoms with Crippen LogP contribution in [0, 0.1) is 11.3 Å². The van der Waals surface area contributed by atoms with E-state index in [2.05, 4.69) is 22.0 Å². The fourth-order valence-electron chi connectivity index (χ4n) is 2.80. The summed E-state index contributed by atoms with van der Waals surface area (Å²) < 4.78 is 6.71. The van der Waals surface area contributed by atoms with Gasteiger partial charge >= 0.3 is 11.9 Å². The van der Waals surface area contributed by atoms with Crippen LogP contribution in [0.15, 0.2) is 71.2 Å². The van der Waals surface area contributed by atoms with Crippen molar-refractivity contribution in [3.8, 4) is 11.8 Å². The van der Waals surface area contributed by atoms with Crippen molar-refractivity contribution < 1.29 is 24.5 Å². The summed E-state index contributed by atoms with van der Waals surface area (Å²) in [6, 6.07) is 20.0. The molecule has 0 amide bonds. The van der Waals surface area contributed by atoms with Crippen LogP contribution < -0.4 is 4.74 Å². The van der Waals surface area contributed by atoms with E-state index in [-0.39, 0.29) is 17.7 Å². The zero-order valence-corrected chi connectivity index (χ0v) is 17.7. The largest absolute Gasteiger partial charge is 0.488 e. The summed E-state index contributed by atoms with van der Waals surface area (Å²) in [6.07, 6.45) is 1.67. The van der Waals surface area contributed by atoms with Gasteiger partial charge in [-0.05, 0) is 59.7 Å². The zero-order valence-electron chi connectivity index (χ0n) is 16.1. The third-order valence-corrected chi connectivity index (χ3v) is 4.92. The minimum Gasteiger partial charge on any atom is -0.488 e. The predicted molar refractivity (Wildman–Crippen MR) is 119 cm³/mol. The van der Waals surface area contributed by atoms with Gasteiger partial charge in [-0.25, -0.2) is 9.59 Å². The van der Waals surface area contributed by atoms with Gasteiger partial charge in [-0.15, -0.1) is 0 Å². The van der Waals surface area contributed by atoms with Gasteiger partial charge in [0.25, 0.3) is 0 Å². The second kappa shape index (κ2) is 9.74. The number of halogens is 1. The van der Waals surface area contributed by atoms with Gasteiger partial charge in [0.2, 0.25) is 0 Å². The number of carboxylic acid groups (broad SMARTS) is 2. The van der Waals surface area contributed by atoms with Crippen LogP contribution in [0.1, 0.15) is 37.4 Å². The summed E-state index contributed by atoms with van der Waals surface area (Å²) in [4.78, 5) is 22.0. The van der Waals surface area contributed by atoms with Crippen LogP contribution in [0.25, 0.3) is 11.6 Å². The minimum absolute atomic E-state index is 0.140. The molecule has 0 saturated heterocycles. The molecule has 0 saturated carbocycles. The Morgan fingerprint density at radius 2 is 1.45 bits per heavy atom. The highest BCUT2D eigenvalue weighted by Gasteiger charge is 2.09. The number of aromatic carboxylic acids is 2. The van der Waals surface area contributed by atoms with Gasteiger partial charge in [-0.2, -0.15) is 5.26 Å². The topological polar surface area (TPSA) is 108 Å². The molecule has 0 unspecified atom stereocenters. The number of hydrogen-bond acceptors (Lipinski definition) is 4. The smallest absolute Gasteiger partial charge is 0.335 e. The lowest BCUT2D eigenvalue weighted by molar-refractivity contribution is 0.0686. The Labute approximate surface area is 186 Å². The molecule has 0 radical (unpaired) electrons. The molecule has 154 valence electrons. The van der Waals surface area contributed by atoms with Gasteiger partial charge in [-0.1, -0.05) is 40.2 Å². The maximum Gasteiger partial charge on any atom is 0.335 e. The molecule has 3 rings (SSSR count). The number of rotatable bonds is 7. The van der Waals surface area contributed by atoms with E-state index in [9.17, 15) is 14.9 Å². The van der Waals surface area contributed by atoms with E-state index >= 15 is 0 Å². The molecule has 6 nitrogen and oxygen atoms in total. The van der Waals surface area contributed by atoms with Crippen molar-refractivity contribution in [2.24, 2.45) is 0 Å². The summed E-state index contributed by atoms with van der Waals surface area (Å²) in [7, 11) is 0. The van der Waals surface area contributed by atoms with Crippen LogP contribution in [0.2, 0.25) is 0 Å². The Morgan fingerprint density at radius 1 is 0.903 bits per heavy atom. The van der Waals surface area contributed by atoms with Crippen molar-refractivity contribution in [3.05, 3.63) is 99.0 Å². The average Bonchev–Trinajstić information content (AvgIpc) is 2.77. The Morgan fingerprint density at radius 3 is 2.00 bits per heavy atom. The summed E-state index contributed by atoms with van der Waals surface area (Å²) in [6.45, 7) is 0.220. The van der Waals surface area contributed by atoms with E-state index in [1.807, 2.05) is 12.1 Å². The lowest BCUT2D eigenvalue weighted by Crippen LogP contribution is -2.00. The van der Waals surface area contributed by atoms with E-state index in [1.54, 1.807) is 36.4 Å². The van der Waals surface area contributed by atoms with E-state index in [0.717, 1.165) is 10.0 Å². The van der Waals surface area contributed by atoms with Gasteiger partial charge in [0.05, 0.1) is 22.8 Å². The van der Waals surface area contributed by atoms with Crippen molar-refractivity contribution in [3.63, 3.8) is 0 Å². The summed E-state index contributed by atoms with van der Waals surface area (Å²) >= 11 is 3.42. The summed E-state index contributed by atoms with van der Waals surface area (Å²) in [5.41, 5.74) is 2.74. The van der Waals surface area contributed by atoms with Crippen molar-refractivity contribution in [2.45, 2.75) is 6.61 Å². The second-order valence-electron chi connectivity index (χ2n) is 6.53. The van der Waals surface area contributed by atoms with E-state index in [1.165, 1.54) is 24.3 Å². The molecule has 0 aliphatic heterocycles. The summed E-state index contributed by atoms with van der Waals surface area (Å²) in [5, 5.41) is 27.7. The molecule has 0 aliphatic rings. The van der Waals surface area contributed by atoms with Crippen LogP contribution in [-0.2, 0) is 6.61 Å². The van der Waals surface area contributed by atoms with Gasteiger partial charge in [0.15, 0.2) is 0 Å². The van der Waals surface area contributed by atoms with E-state index in [4.69, 9.17) is 14.9 Å². The SMILES string of the molecule is N#CC(=Cc1cc(Br)ccc1OCc1ccc(C(=O)O)cc1)c1ccc(C(=O)O)cc1. The highest BCUT2D eigenvalue weighted by atomic mass is 79.9. The van der Waals surface area contributed by atoms with Crippen LogP contribution in [0.3, 0.4) is 0 Å². The molecule has 0 aromatic heterocycles. The number of hydrogen-bond donors (Lipinski definition) is 2. The Kier molecular flexibility index (Phi) is 6.85. The molecule has 3 aromatic carbocycles. The number of allylic oxidation sites excluding steroid dienone is 1. The molecule has 7 heteroatoms. The number of nitriles is 1. The predicted octanol–water partition coefficient (Wildman–Crippen LogP) is 5.49. The Hall–Kier alpha value is -3.89. The molecule has 0 heterocycles. The normalized spacial score (nSPS) is 10.9. The Bertz CT molecular complexity index is 1190. The van der Waals surface area contributed by atoms with Crippen molar-refractivity contribution in [1.82, 2.24) is 0 Å². The van der Waals surface area contributed by atoms with E-state index < -0.39 is 11.9 Å². The minimum atomic E-state index is -1.03. The van der Waals surface area contributed by atoms with Gasteiger partial charge < -0.3 is 14.9 Å². The molecule has 2 N–H and O–H groups in total. The molecule has 0 aliphatic carbocycles.